The first-order valence-electron chi connectivity index (χ1n) is 4.59. The molecule has 0 amide bonds. The smallest absolute Gasteiger partial charge is 0.0311 e. The van der Waals surface area contributed by atoms with E-state index in [0.29, 0.717) is 0 Å². The van der Waals surface area contributed by atoms with Crippen LogP contribution in [-0.4, -0.2) is 5.54 Å². The van der Waals surface area contributed by atoms with E-state index in [0.717, 1.165) is 0 Å². The van der Waals surface area contributed by atoms with Gasteiger partial charge >= 0.3 is 0 Å². The van der Waals surface area contributed by atoms with Gasteiger partial charge in [-0.2, -0.15) is 0 Å². The number of allylic oxidation sites excluding steroid dienone is 1. The van der Waals surface area contributed by atoms with E-state index in [9.17, 15) is 0 Å². The van der Waals surface area contributed by atoms with Crippen LogP contribution in [0.3, 0.4) is 0 Å². The second-order valence-corrected chi connectivity index (χ2v) is 4.05. The maximum absolute atomic E-state index is 6.01. The highest BCUT2D eigenvalue weighted by molar-refractivity contribution is 5.16. The summed E-state index contributed by atoms with van der Waals surface area (Å²) in [6, 6.07) is 0. The average molecular weight is 153 g/mol. The first-order valence-corrected chi connectivity index (χ1v) is 4.59. The van der Waals surface area contributed by atoms with Gasteiger partial charge in [0.15, 0.2) is 0 Å². The molecule has 1 rings (SSSR count). The standard InChI is InChI=1S/C10H19N/c1-10(2,11)9-7-5-3-4-6-8-9/h7H,3-6,8,11H2,1-2H3. The van der Waals surface area contributed by atoms with Crippen molar-refractivity contribution in [3.05, 3.63) is 11.6 Å². The zero-order chi connectivity index (χ0) is 8.32. The van der Waals surface area contributed by atoms with Crippen LogP contribution in [0.5, 0.6) is 0 Å². The lowest BCUT2D eigenvalue weighted by Gasteiger charge is -2.22. The SMILES string of the molecule is CC(C)(N)C1=CCCCCC1. The van der Waals surface area contributed by atoms with E-state index in [4.69, 9.17) is 5.73 Å². The van der Waals surface area contributed by atoms with Gasteiger partial charge in [-0.3, -0.25) is 0 Å². The molecule has 0 aliphatic heterocycles. The normalized spacial score (nSPS) is 20.8. The van der Waals surface area contributed by atoms with Crippen molar-refractivity contribution < 1.29 is 0 Å². The molecule has 0 radical (unpaired) electrons. The molecular formula is C10H19N. The minimum Gasteiger partial charge on any atom is -0.322 e. The zero-order valence-corrected chi connectivity index (χ0v) is 7.69. The predicted octanol–water partition coefficient (Wildman–Crippen LogP) is 2.61. The molecule has 0 unspecified atom stereocenters. The number of hydrogen-bond donors (Lipinski definition) is 1. The first-order chi connectivity index (χ1) is 5.11. The van der Waals surface area contributed by atoms with E-state index in [1.165, 1.54) is 37.7 Å². The van der Waals surface area contributed by atoms with E-state index < -0.39 is 0 Å². The van der Waals surface area contributed by atoms with Gasteiger partial charge in [0.05, 0.1) is 0 Å². The molecule has 0 saturated heterocycles. The van der Waals surface area contributed by atoms with Crippen LogP contribution in [0, 0.1) is 0 Å². The van der Waals surface area contributed by atoms with Crippen molar-refractivity contribution in [2.24, 2.45) is 5.73 Å². The lowest BCUT2D eigenvalue weighted by molar-refractivity contribution is 0.572. The summed E-state index contributed by atoms with van der Waals surface area (Å²) >= 11 is 0. The molecule has 1 aliphatic carbocycles. The average Bonchev–Trinajstić information content (AvgIpc) is 2.10. The zero-order valence-electron chi connectivity index (χ0n) is 7.69. The molecule has 1 nitrogen and oxygen atoms in total. The van der Waals surface area contributed by atoms with E-state index >= 15 is 0 Å². The first kappa shape index (κ1) is 8.79. The summed E-state index contributed by atoms with van der Waals surface area (Å²) in [5, 5.41) is 0. The maximum atomic E-state index is 6.01. The fourth-order valence-corrected chi connectivity index (χ4v) is 1.60. The second-order valence-electron chi connectivity index (χ2n) is 4.05. The molecule has 11 heavy (non-hydrogen) atoms. The molecule has 64 valence electrons. The highest BCUT2D eigenvalue weighted by atomic mass is 14.7. The lowest BCUT2D eigenvalue weighted by Crippen LogP contribution is -2.34. The Labute approximate surface area is 69.7 Å². The van der Waals surface area contributed by atoms with Gasteiger partial charge in [-0.1, -0.05) is 18.1 Å². The molecule has 2 N–H and O–H groups in total. The van der Waals surface area contributed by atoms with E-state index in [1.54, 1.807) is 0 Å². The Morgan fingerprint density at radius 2 is 2.00 bits per heavy atom. The minimum atomic E-state index is -0.0790. The van der Waals surface area contributed by atoms with Crippen LogP contribution >= 0.6 is 0 Å². The topological polar surface area (TPSA) is 26.0 Å². The third-order valence-electron chi connectivity index (χ3n) is 2.37. The molecule has 0 atom stereocenters. The van der Waals surface area contributed by atoms with Gasteiger partial charge < -0.3 is 5.73 Å². The molecular weight excluding hydrogens is 134 g/mol. The third kappa shape index (κ3) is 2.66. The number of nitrogens with two attached hydrogens (primary N) is 1. The van der Waals surface area contributed by atoms with Crippen LogP contribution in [0.15, 0.2) is 11.6 Å². The van der Waals surface area contributed by atoms with Gasteiger partial charge in [-0.15, -0.1) is 0 Å². The lowest BCUT2D eigenvalue weighted by atomic mass is 9.92. The van der Waals surface area contributed by atoms with Gasteiger partial charge in [-0.25, -0.2) is 0 Å². The monoisotopic (exact) mass is 153 g/mol. The molecule has 0 aromatic carbocycles. The summed E-state index contributed by atoms with van der Waals surface area (Å²) < 4.78 is 0. The molecule has 0 fully saturated rings. The molecule has 0 spiro atoms. The number of hydrogen-bond acceptors (Lipinski definition) is 1. The number of rotatable bonds is 1. The molecule has 0 bridgehead atoms. The fraction of sp³-hybridized carbons (Fsp3) is 0.800. The van der Waals surface area contributed by atoms with Gasteiger partial charge in [0.1, 0.15) is 0 Å². The second kappa shape index (κ2) is 3.40. The van der Waals surface area contributed by atoms with E-state index in [2.05, 4.69) is 19.9 Å². The molecule has 0 heterocycles. The summed E-state index contributed by atoms with van der Waals surface area (Å²) in [7, 11) is 0. The van der Waals surface area contributed by atoms with Crippen LogP contribution in [0.1, 0.15) is 46.0 Å². The van der Waals surface area contributed by atoms with Gasteiger partial charge in [-0.05, 0) is 39.5 Å². The Kier molecular flexibility index (Phi) is 2.72. The van der Waals surface area contributed by atoms with Crippen LogP contribution in [0.25, 0.3) is 0 Å². The summed E-state index contributed by atoms with van der Waals surface area (Å²) in [5.41, 5.74) is 7.39. The Bertz CT molecular complexity index is 151. The molecule has 0 saturated carbocycles. The van der Waals surface area contributed by atoms with Crippen molar-refractivity contribution in [1.82, 2.24) is 0 Å². The largest absolute Gasteiger partial charge is 0.322 e. The van der Waals surface area contributed by atoms with Crippen molar-refractivity contribution in [3.63, 3.8) is 0 Å². The van der Waals surface area contributed by atoms with Crippen molar-refractivity contribution in [2.75, 3.05) is 0 Å². The minimum absolute atomic E-state index is 0.0790. The van der Waals surface area contributed by atoms with Crippen LogP contribution in [-0.2, 0) is 0 Å². The third-order valence-corrected chi connectivity index (χ3v) is 2.37. The summed E-state index contributed by atoms with van der Waals surface area (Å²) in [6.07, 6.45) is 8.83. The van der Waals surface area contributed by atoms with Gasteiger partial charge in [0.2, 0.25) is 0 Å². The van der Waals surface area contributed by atoms with Crippen molar-refractivity contribution >= 4 is 0 Å². The Balaban J connectivity index is 2.61. The fourth-order valence-electron chi connectivity index (χ4n) is 1.60. The predicted molar refractivity (Wildman–Crippen MR) is 49.4 cm³/mol. The summed E-state index contributed by atoms with van der Waals surface area (Å²) in [6.45, 7) is 4.20. The highest BCUT2D eigenvalue weighted by Gasteiger charge is 2.17. The van der Waals surface area contributed by atoms with Gasteiger partial charge in [0.25, 0.3) is 0 Å². The van der Waals surface area contributed by atoms with E-state index in [1.807, 2.05) is 0 Å². The molecule has 1 aliphatic rings. The molecule has 0 aromatic heterocycles. The highest BCUT2D eigenvalue weighted by Crippen LogP contribution is 2.24. The van der Waals surface area contributed by atoms with Crippen LogP contribution in [0.4, 0.5) is 0 Å². The van der Waals surface area contributed by atoms with Crippen molar-refractivity contribution in [1.29, 1.82) is 0 Å². The van der Waals surface area contributed by atoms with Crippen molar-refractivity contribution in [3.8, 4) is 0 Å². The summed E-state index contributed by atoms with van der Waals surface area (Å²) in [5.74, 6) is 0. The maximum Gasteiger partial charge on any atom is 0.0311 e. The van der Waals surface area contributed by atoms with Crippen molar-refractivity contribution in [2.45, 2.75) is 51.5 Å². The van der Waals surface area contributed by atoms with Crippen LogP contribution in [0.2, 0.25) is 0 Å². The molecule has 0 aromatic rings. The molecule has 1 heteroatoms. The van der Waals surface area contributed by atoms with Crippen LogP contribution < -0.4 is 5.73 Å². The quantitative estimate of drug-likeness (QED) is 0.576. The Hall–Kier alpha value is -0.300. The van der Waals surface area contributed by atoms with Gasteiger partial charge in [0, 0.05) is 5.54 Å². The van der Waals surface area contributed by atoms with E-state index in [-0.39, 0.29) is 5.54 Å². The Morgan fingerprint density at radius 3 is 2.64 bits per heavy atom. The summed E-state index contributed by atoms with van der Waals surface area (Å²) in [4.78, 5) is 0. The Morgan fingerprint density at radius 1 is 1.27 bits per heavy atom.